The Morgan fingerprint density at radius 2 is 1.81 bits per heavy atom. The molecular formula is C22H22ClNO2. The van der Waals surface area contributed by atoms with E-state index in [1.165, 1.54) is 0 Å². The Balaban J connectivity index is 2.14. The molecule has 0 radical (unpaired) electrons. The van der Waals surface area contributed by atoms with Gasteiger partial charge in [0.25, 0.3) is 0 Å². The van der Waals surface area contributed by atoms with E-state index >= 15 is 0 Å². The summed E-state index contributed by atoms with van der Waals surface area (Å²) in [6.45, 7) is 2.05. The summed E-state index contributed by atoms with van der Waals surface area (Å²) in [6, 6.07) is 18.3. The highest BCUT2D eigenvalue weighted by Gasteiger charge is 2.24. The molecule has 0 aliphatic carbocycles. The van der Waals surface area contributed by atoms with Gasteiger partial charge in [-0.1, -0.05) is 73.5 Å². The lowest BCUT2D eigenvalue weighted by atomic mass is 9.92. The first kappa shape index (κ1) is 18.3. The summed E-state index contributed by atoms with van der Waals surface area (Å²) in [5.41, 5.74) is 1.44. The Kier molecular flexibility index (Phi) is 5.79. The fourth-order valence-corrected chi connectivity index (χ4v) is 3.42. The van der Waals surface area contributed by atoms with Crippen LogP contribution in [0, 0.1) is 0 Å². The number of hydrogen-bond donors (Lipinski definition) is 2. The highest BCUT2D eigenvalue weighted by atomic mass is 35.5. The number of amides is 1. The molecule has 26 heavy (non-hydrogen) atoms. The van der Waals surface area contributed by atoms with Gasteiger partial charge < -0.3 is 10.4 Å². The molecule has 2 N–H and O–H groups in total. The van der Waals surface area contributed by atoms with E-state index in [1.807, 2.05) is 48.5 Å². The maximum Gasteiger partial charge on any atom is 0.220 e. The Morgan fingerprint density at radius 1 is 1.08 bits per heavy atom. The molecular weight excluding hydrogens is 346 g/mol. The average Bonchev–Trinajstić information content (AvgIpc) is 2.65. The Morgan fingerprint density at radius 3 is 2.58 bits per heavy atom. The van der Waals surface area contributed by atoms with Crippen LogP contribution in [-0.4, -0.2) is 11.0 Å². The molecule has 3 rings (SSSR count). The maximum atomic E-state index is 12.5. The van der Waals surface area contributed by atoms with Crippen LogP contribution in [0.15, 0.2) is 60.7 Å². The number of hydrogen-bond acceptors (Lipinski definition) is 2. The molecule has 3 nitrogen and oxygen atoms in total. The summed E-state index contributed by atoms with van der Waals surface area (Å²) in [5.74, 6) is 0.0912. The maximum absolute atomic E-state index is 12.5. The van der Waals surface area contributed by atoms with Crippen molar-refractivity contribution in [2.45, 2.75) is 32.2 Å². The van der Waals surface area contributed by atoms with Crippen molar-refractivity contribution in [2.24, 2.45) is 0 Å². The van der Waals surface area contributed by atoms with Crippen LogP contribution in [0.2, 0.25) is 5.02 Å². The fourth-order valence-electron chi connectivity index (χ4n) is 3.17. The zero-order valence-corrected chi connectivity index (χ0v) is 15.5. The van der Waals surface area contributed by atoms with Gasteiger partial charge in [0.15, 0.2) is 0 Å². The first-order chi connectivity index (χ1) is 12.6. The highest BCUT2D eigenvalue weighted by Crippen LogP contribution is 2.38. The molecule has 0 fully saturated rings. The Bertz CT molecular complexity index is 923. The second kappa shape index (κ2) is 8.24. The van der Waals surface area contributed by atoms with E-state index in [-0.39, 0.29) is 11.7 Å². The lowest BCUT2D eigenvalue weighted by Crippen LogP contribution is -2.29. The first-order valence-electron chi connectivity index (χ1n) is 8.86. The van der Waals surface area contributed by atoms with Crippen LogP contribution >= 0.6 is 11.6 Å². The van der Waals surface area contributed by atoms with Crippen LogP contribution in [0.1, 0.15) is 43.4 Å². The molecule has 1 atom stereocenters. The van der Waals surface area contributed by atoms with Crippen molar-refractivity contribution >= 4 is 28.3 Å². The number of halogens is 1. The number of carbonyl (C=O) groups excluding carboxylic acids is 1. The number of benzene rings is 3. The normalized spacial score (nSPS) is 12.1. The van der Waals surface area contributed by atoms with E-state index in [1.54, 1.807) is 12.1 Å². The summed E-state index contributed by atoms with van der Waals surface area (Å²) >= 11 is 6.43. The minimum atomic E-state index is -0.515. The van der Waals surface area contributed by atoms with Gasteiger partial charge in [0.05, 0.1) is 6.04 Å². The number of nitrogens with one attached hydrogen (secondary N) is 1. The molecule has 1 amide bonds. The summed E-state index contributed by atoms with van der Waals surface area (Å²) in [6.07, 6.45) is 2.22. The summed E-state index contributed by atoms with van der Waals surface area (Å²) in [5, 5.41) is 16.2. The van der Waals surface area contributed by atoms with Crippen LogP contribution in [0.25, 0.3) is 10.8 Å². The largest absolute Gasteiger partial charge is 0.508 e. The minimum Gasteiger partial charge on any atom is -0.508 e. The van der Waals surface area contributed by atoms with E-state index in [9.17, 15) is 9.90 Å². The smallest absolute Gasteiger partial charge is 0.220 e. The second-order valence-corrected chi connectivity index (χ2v) is 6.75. The zero-order valence-electron chi connectivity index (χ0n) is 14.7. The highest BCUT2D eigenvalue weighted by molar-refractivity contribution is 6.31. The van der Waals surface area contributed by atoms with Gasteiger partial charge in [0.2, 0.25) is 5.91 Å². The number of carbonyl (C=O) groups is 1. The molecule has 4 heteroatoms. The van der Waals surface area contributed by atoms with Crippen molar-refractivity contribution < 1.29 is 9.90 Å². The van der Waals surface area contributed by atoms with Crippen molar-refractivity contribution in [3.8, 4) is 5.75 Å². The molecule has 0 aliphatic heterocycles. The van der Waals surface area contributed by atoms with Gasteiger partial charge in [-0.25, -0.2) is 0 Å². The van der Waals surface area contributed by atoms with Gasteiger partial charge in [0, 0.05) is 17.0 Å². The lowest BCUT2D eigenvalue weighted by molar-refractivity contribution is -0.121. The van der Waals surface area contributed by atoms with Gasteiger partial charge in [-0.15, -0.1) is 0 Å². The number of phenolic OH excluding ortho intramolecular Hbond substituents is 1. The molecule has 0 heterocycles. The predicted octanol–water partition coefficient (Wildman–Crippen LogP) is 5.59. The molecule has 0 spiro atoms. The first-order valence-corrected chi connectivity index (χ1v) is 9.24. The molecule has 3 aromatic rings. The fraction of sp³-hybridized carbons (Fsp3) is 0.227. The minimum absolute atomic E-state index is 0.0518. The van der Waals surface area contributed by atoms with Crippen molar-refractivity contribution in [3.05, 3.63) is 76.8 Å². The molecule has 0 aliphatic rings. The van der Waals surface area contributed by atoms with Crippen LogP contribution in [0.5, 0.6) is 5.75 Å². The third-order valence-corrected chi connectivity index (χ3v) is 4.86. The van der Waals surface area contributed by atoms with Crippen LogP contribution in [0.3, 0.4) is 0 Å². The van der Waals surface area contributed by atoms with Gasteiger partial charge >= 0.3 is 0 Å². The predicted molar refractivity (Wildman–Crippen MR) is 107 cm³/mol. The molecule has 0 unspecified atom stereocenters. The van der Waals surface area contributed by atoms with Crippen LogP contribution in [0.4, 0.5) is 0 Å². The summed E-state index contributed by atoms with van der Waals surface area (Å²) in [7, 11) is 0. The van der Waals surface area contributed by atoms with Crippen molar-refractivity contribution in [2.75, 3.05) is 0 Å². The van der Waals surface area contributed by atoms with E-state index in [0.29, 0.717) is 17.0 Å². The number of phenols is 1. The topological polar surface area (TPSA) is 49.3 Å². The monoisotopic (exact) mass is 367 g/mol. The van der Waals surface area contributed by atoms with Crippen LogP contribution < -0.4 is 5.32 Å². The summed E-state index contributed by atoms with van der Waals surface area (Å²) in [4.78, 5) is 12.5. The van der Waals surface area contributed by atoms with Gasteiger partial charge in [0.1, 0.15) is 5.75 Å². The van der Waals surface area contributed by atoms with Crippen LogP contribution in [-0.2, 0) is 4.79 Å². The molecule has 0 saturated carbocycles. The van der Waals surface area contributed by atoms with E-state index in [0.717, 1.165) is 29.2 Å². The lowest BCUT2D eigenvalue weighted by Gasteiger charge is -2.23. The second-order valence-electron chi connectivity index (χ2n) is 6.35. The molecule has 0 saturated heterocycles. The van der Waals surface area contributed by atoms with E-state index in [4.69, 9.17) is 11.6 Å². The van der Waals surface area contributed by atoms with E-state index in [2.05, 4.69) is 12.2 Å². The third-order valence-electron chi connectivity index (χ3n) is 4.52. The quantitative estimate of drug-likeness (QED) is 0.596. The van der Waals surface area contributed by atoms with Gasteiger partial charge in [-0.05, 0) is 34.9 Å². The summed E-state index contributed by atoms with van der Waals surface area (Å²) < 4.78 is 0. The number of unbranched alkanes of at least 4 members (excludes halogenated alkanes) is 1. The third kappa shape index (κ3) is 3.83. The van der Waals surface area contributed by atoms with Crippen molar-refractivity contribution in [3.63, 3.8) is 0 Å². The molecule has 0 bridgehead atoms. The Hall–Kier alpha value is -2.52. The zero-order chi connectivity index (χ0) is 18.5. The van der Waals surface area contributed by atoms with Gasteiger partial charge in [-0.3, -0.25) is 4.79 Å². The van der Waals surface area contributed by atoms with Crippen molar-refractivity contribution in [1.29, 1.82) is 0 Å². The number of fused-ring (bicyclic) bond motifs is 1. The number of aromatic hydroxyl groups is 1. The molecule has 134 valence electrons. The van der Waals surface area contributed by atoms with Crippen molar-refractivity contribution in [1.82, 2.24) is 5.32 Å². The average molecular weight is 368 g/mol. The number of rotatable bonds is 6. The molecule has 3 aromatic carbocycles. The standard InChI is InChI=1S/C22H22ClNO2/c1-2-3-12-20(26)24-22(17-10-6-7-11-18(17)23)21-16-9-5-4-8-15(16)13-14-19(21)25/h4-11,13-14,22,25H,2-3,12H2,1H3,(H,24,26)/t22-/m0/s1. The Labute approximate surface area is 158 Å². The van der Waals surface area contributed by atoms with E-state index < -0.39 is 6.04 Å². The van der Waals surface area contributed by atoms with Gasteiger partial charge in [-0.2, -0.15) is 0 Å². The SMILES string of the molecule is CCCCC(=O)N[C@@H](c1ccccc1Cl)c1c(O)ccc2ccccc12. The molecule has 0 aromatic heterocycles.